The average molecular weight is 382 g/mol. The van der Waals surface area contributed by atoms with Gasteiger partial charge in [0.1, 0.15) is 0 Å². The molecule has 0 spiro atoms. The smallest absolute Gasteiger partial charge is 0.243 e. The molecule has 1 aliphatic rings. The number of nitrogens with one attached hydrogen (secondary N) is 1. The Morgan fingerprint density at radius 2 is 1.73 bits per heavy atom. The van der Waals surface area contributed by atoms with Gasteiger partial charge < -0.3 is 10.2 Å². The molecule has 2 rings (SSSR count). The zero-order valence-electron chi connectivity index (χ0n) is 16.1. The first-order valence-electron chi connectivity index (χ1n) is 9.45. The Morgan fingerprint density at radius 1 is 1.15 bits per heavy atom. The van der Waals surface area contributed by atoms with Crippen molar-refractivity contribution in [3.63, 3.8) is 0 Å². The van der Waals surface area contributed by atoms with E-state index in [1.807, 2.05) is 19.1 Å². The second kappa shape index (κ2) is 9.48. The highest BCUT2D eigenvalue weighted by molar-refractivity contribution is 7.89. The number of aryl methyl sites for hydroxylation is 1. The number of likely N-dealkylation sites (N-methyl/N-ethyl adjacent to an activating group) is 1. The third-order valence-electron chi connectivity index (χ3n) is 5.11. The van der Waals surface area contributed by atoms with Crippen LogP contribution in [0.5, 0.6) is 0 Å². The Balaban J connectivity index is 1.84. The summed E-state index contributed by atoms with van der Waals surface area (Å²) in [7, 11) is -3.47. The molecule has 146 valence electrons. The Bertz CT molecular complexity index is 676. The molecule has 0 aromatic heterocycles. The maximum atomic E-state index is 12.7. The van der Waals surface area contributed by atoms with Crippen molar-refractivity contribution in [1.29, 1.82) is 0 Å². The predicted octanol–water partition coefficient (Wildman–Crippen LogP) is 1.85. The van der Waals surface area contributed by atoms with E-state index in [1.165, 1.54) is 4.31 Å². The summed E-state index contributed by atoms with van der Waals surface area (Å²) in [5, 5.41) is 2.99. The van der Waals surface area contributed by atoms with Gasteiger partial charge in [-0.15, -0.1) is 0 Å². The lowest BCUT2D eigenvalue weighted by Crippen LogP contribution is -2.44. The molecule has 1 aromatic carbocycles. The molecule has 0 saturated carbocycles. The third-order valence-corrected chi connectivity index (χ3v) is 7.02. The lowest BCUT2D eigenvalue weighted by atomic mass is 9.97. The molecular weight excluding hydrogens is 350 g/mol. The number of benzene rings is 1. The molecule has 7 heteroatoms. The van der Waals surface area contributed by atoms with E-state index in [0.29, 0.717) is 37.4 Å². The van der Waals surface area contributed by atoms with E-state index in [0.717, 1.165) is 25.2 Å². The van der Waals surface area contributed by atoms with Gasteiger partial charge in [-0.25, -0.2) is 8.42 Å². The molecule has 0 atom stereocenters. The second-order valence-electron chi connectivity index (χ2n) is 6.81. The van der Waals surface area contributed by atoms with Gasteiger partial charge in [0.2, 0.25) is 15.9 Å². The molecule has 6 nitrogen and oxygen atoms in total. The molecule has 0 aliphatic carbocycles. The van der Waals surface area contributed by atoms with E-state index >= 15 is 0 Å². The van der Waals surface area contributed by atoms with Crippen LogP contribution in [-0.2, 0) is 14.8 Å². The average Bonchev–Trinajstić information content (AvgIpc) is 2.65. The highest BCUT2D eigenvalue weighted by Crippen LogP contribution is 2.24. The molecule has 0 bridgehead atoms. The number of sulfonamides is 1. The van der Waals surface area contributed by atoms with E-state index in [1.54, 1.807) is 12.1 Å². The number of rotatable bonds is 8. The summed E-state index contributed by atoms with van der Waals surface area (Å²) in [5.41, 5.74) is 1.03. The zero-order valence-corrected chi connectivity index (χ0v) is 16.9. The van der Waals surface area contributed by atoms with Crippen LogP contribution < -0.4 is 5.32 Å². The van der Waals surface area contributed by atoms with Gasteiger partial charge in [0.05, 0.1) is 4.90 Å². The van der Waals surface area contributed by atoms with E-state index in [4.69, 9.17) is 0 Å². The van der Waals surface area contributed by atoms with Gasteiger partial charge in [0.25, 0.3) is 0 Å². The molecule has 1 fully saturated rings. The number of nitrogens with zero attached hydrogens (tertiary/aromatic N) is 2. The lowest BCUT2D eigenvalue weighted by Gasteiger charge is -2.30. The highest BCUT2D eigenvalue weighted by Gasteiger charge is 2.31. The van der Waals surface area contributed by atoms with Crippen LogP contribution in [0.4, 0.5) is 0 Å². The van der Waals surface area contributed by atoms with Crippen LogP contribution in [-0.4, -0.2) is 62.8 Å². The van der Waals surface area contributed by atoms with Crippen LogP contribution in [0.3, 0.4) is 0 Å². The Labute approximate surface area is 157 Å². The van der Waals surface area contributed by atoms with Gasteiger partial charge >= 0.3 is 0 Å². The summed E-state index contributed by atoms with van der Waals surface area (Å²) in [4.78, 5) is 14.9. The van der Waals surface area contributed by atoms with Gasteiger partial charge in [-0.2, -0.15) is 4.31 Å². The lowest BCUT2D eigenvalue weighted by molar-refractivity contribution is -0.126. The number of piperidine rings is 1. The molecule has 1 amide bonds. The Kier molecular flexibility index (Phi) is 7.61. The first kappa shape index (κ1) is 20.9. The SMILES string of the molecule is CCN(CC)CCNC(=O)C1CCN(S(=O)(=O)c2ccc(C)cc2)CC1. The maximum absolute atomic E-state index is 12.7. The fraction of sp³-hybridized carbons (Fsp3) is 0.632. The molecule has 0 radical (unpaired) electrons. The summed E-state index contributed by atoms with van der Waals surface area (Å²) >= 11 is 0. The summed E-state index contributed by atoms with van der Waals surface area (Å²) in [6.07, 6.45) is 1.14. The Morgan fingerprint density at radius 3 is 2.27 bits per heavy atom. The fourth-order valence-corrected chi connectivity index (χ4v) is 4.71. The minimum Gasteiger partial charge on any atom is -0.355 e. The van der Waals surface area contributed by atoms with Crippen molar-refractivity contribution in [3.05, 3.63) is 29.8 Å². The fourth-order valence-electron chi connectivity index (χ4n) is 3.24. The molecule has 1 heterocycles. The van der Waals surface area contributed by atoms with Gasteiger partial charge in [-0.05, 0) is 45.0 Å². The maximum Gasteiger partial charge on any atom is 0.243 e. The van der Waals surface area contributed by atoms with E-state index < -0.39 is 10.0 Å². The predicted molar refractivity (Wildman–Crippen MR) is 103 cm³/mol. The Hall–Kier alpha value is -1.44. The standard InChI is InChI=1S/C19H31N3O3S/c1-4-21(5-2)15-12-20-19(23)17-10-13-22(14-11-17)26(24,25)18-8-6-16(3)7-9-18/h6-9,17H,4-5,10-15H2,1-3H3,(H,20,23). The molecular formula is C19H31N3O3S. The number of hydrogen-bond donors (Lipinski definition) is 1. The molecule has 26 heavy (non-hydrogen) atoms. The monoisotopic (exact) mass is 381 g/mol. The number of amides is 1. The largest absolute Gasteiger partial charge is 0.355 e. The van der Waals surface area contributed by atoms with Gasteiger partial charge in [0.15, 0.2) is 0 Å². The van der Waals surface area contributed by atoms with Gasteiger partial charge in [-0.3, -0.25) is 4.79 Å². The van der Waals surface area contributed by atoms with Gasteiger partial charge in [-0.1, -0.05) is 31.5 Å². The van der Waals surface area contributed by atoms with E-state index in [2.05, 4.69) is 24.1 Å². The first-order chi connectivity index (χ1) is 12.4. The van der Waals surface area contributed by atoms with Gasteiger partial charge in [0, 0.05) is 32.1 Å². The van der Waals surface area contributed by atoms with Crippen LogP contribution in [0.15, 0.2) is 29.2 Å². The van der Waals surface area contributed by atoms with Crippen molar-refractivity contribution in [2.24, 2.45) is 5.92 Å². The zero-order chi connectivity index (χ0) is 19.2. The van der Waals surface area contributed by atoms with Crippen molar-refractivity contribution < 1.29 is 13.2 Å². The molecule has 1 aliphatic heterocycles. The van der Waals surface area contributed by atoms with E-state index in [9.17, 15) is 13.2 Å². The van der Waals surface area contributed by atoms with Crippen molar-refractivity contribution >= 4 is 15.9 Å². The minimum atomic E-state index is -3.47. The number of hydrogen-bond acceptors (Lipinski definition) is 4. The quantitative estimate of drug-likeness (QED) is 0.746. The van der Waals surface area contributed by atoms with Crippen molar-refractivity contribution in [1.82, 2.24) is 14.5 Å². The van der Waals surface area contributed by atoms with Crippen LogP contribution in [0.2, 0.25) is 0 Å². The first-order valence-corrected chi connectivity index (χ1v) is 10.9. The second-order valence-corrected chi connectivity index (χ2v) is 8.75. The molecule has 0 unspecified atom stereocenters. The van der Waals surface area contributed by atoms with Crippen LogP contribution in [0.1, 0.15) is 32.3 Å². The minimum absolute atomic E-state index is 0.0459. The third kappa shape index (κ3) is 5.28. The van der Waals surface area contributed by atoms with E-state index in [-0.39, 0.29) is 11.8 Å². The highest BCUT2D eigenvalue weighted by atomic mass is 32.2. The number of carbonyl (C=O) groups excluding carboxylic acids is 1. The van der Waals surface area contributed by atoms with Crippen LogP contribution >= 0.6 is 0 Å². The summed E-state index contributed by atoms with van der Waals surface area (Å²) in [6, 6.07) is 6.92. The van der Waals surface area contributed by atoms with Crippen molar-refractivity contribution in [3.8, 4) is 0 Å². The van der Waals surface area contributed by atoms with Crippen LogP contribution in [0, 0.1) is 12.8 Å². The van der Waals surface area contributed by atoms with Crippen molar-refractivity contribution in [2.75, 3.05) is 39.3 Å². The summed E-state index contributed by atoms with van der Waals surface area (Å²) in [5.74, 6) is -0.0549. The number of carbonyl (C=O) groups is 1. The van der Waals surface area contributed by atoms with Crippen LogP contribution in [0.25, 0.3) is 0 Å². The molecule has 1 aromatic rings. The summed E-state index contributed by atoms with van der Waals surface area (Å²) in [6.45, 7) is 10.4. The normalized spacial score (nSPS) is 16.8. The molecule has 1 saturated heterocycles. The van der Waals surface area contributed by atoms with Crippen molar-refractivity contribution in [2.45, 2.75) is 38.5 Å². The molecule has 1 N–H and O–H groups in total. The summed E-state index contributed by atoms with van der Waals surface area (Å²) < 4.78 is 26.9. The topological polar surface area (TPSA) is 69.7 Å².